The molecule has 1 saturated heterocycles. The average molecular weight is 358 g/mol. The molecule has 1 fully saturated rings. The van der Waals surface area contributed by atoms with Crippen LogP contribution < -0.4 is 10.2 Å². The van der Waals surface area contributed by atoms with Gasteiger partial charge in [0.15, 0.2) is 5.13 Å². The number of para-hydroxylation sites is 1. The highest BCUT2D eigenvalue weighted by atomic mass is 35.5. The number of nitrogens with one attached hydrogen (secondary N) is 1. The van der Waals surface area contributed by atoms with Crippen LogP contribution in [0.1, 0.15) is 13.3 Å². The normalized spacial score (nSPS) is 20.8. The van der Waals surface area contributed by atoms with Crippen molar-refractivity contribution in [2.75, 3.05) is 10.2 Å². The molecule has 1 aromatic heterocycles. The van der Waals surface area contributed by atoms with E-state index >= 15 is 0 Å². The molecule has 24 heavy (non-hydrogen) atoms. The zero-order valence-corrected chi connectivity index (χ0v) is 14.6. The molecule has 1 aliphatic rings. The second-order valence-corrected chi connectivity index (χ2v) is 7.42. The van der Waals surface area contributed by atoms with Crippen LogP contribution in [-0.4, -0.2) is 23.0 Å². The number of nitrogens with zero attached hydrogens (tertiary/aromatic N) is 2. The molecule has 1 aliphatic heterocycles. The minimum absolute atomic E-state index is 0.0889. The topological polar surface area (TPSA) is 45.2 Å². The third-order valence-corrected chi connectivity index (χ3v) is 5.44. The molecule has 3 aromatic rings. The van der Waals surface area contributed by atoms with E-state index in [1.807, 2.05) is 53.4 Å². The van der Waals surface area contributed by atoms with Crippen molar-refractivity contribution in [1.29, 1.82) is 0 Å². The maximum Gasteiger partial charge on any atom is 0.249 e. The third-order valence-electron chi connectivity index (χ3n) is 4.23. The standard InChI is InChI=1S/C18H16ClN3OS/c1-11-9-15(17(23)22(11)13-5-3-2-4-6-13)21-18-20-14-10-12(19)7-8-16(14)24-18/h2-8,10-11,15H,9H2,1H3,(H,20,21). The molecule has 6 heteroatoms. The lowest BCUT2D eigenvalue weighted by Crippen LogP contribution is -2.35. The third kappa shape index (κ3) is 2.74. The number of fused-ring (bicyclic) bond motifs is 1. The molecule has 122 valence electrons. The number of hydrogen-bond donors (Lipinski definition) is 1. The first-order valence-corrected chi connectivity index (χ1v) is 9.02. The van der Waals surface area contributed by atoms with Crippen LogP contribution in [0.5, 0.6) is 0 Å². The number of hydrogen-bond acceptors (Lipinski definition) is 4. The maximum absolute atomic E-state index is 12.8. The second-order valence-electron chi connectivity index (χ2n) is 5.96. The molecule has 4 rings (SSSR count). The first kappa shape index (κ1) is 15.4. The number of amides is 1. The average Bonchev–Trinajstić information content (AvgIpc) is 3.08. The molecule has 2 unspecified atom stereocenters. The minimum Gasteiger partial charge on any atom is -0.350 e. The number of anilines is 2. The zero-order valence-electron chi connectivity index (χ0n) is 13.1. The Balaban J connectivity index is 1.57. The Morgan fingerprint density at radius 2 is 2.04 bits per heavy atom. The number of thiazole rings is 1. The van der Waals surface area contributed by atoms with Crippen molar-refractivity contribution < 1.29 is 4.79 Å². The van der Waals surface area contributed by atoms with Gasteiger partial charge < -0.3 is 10.2 Å². The van der Waals surface area contributed by atoms with Crippen molar-refractivity contribution in [2.24, 2.45) is 0 Å². The van der Waals surface area contributed by atoms with E-state index in [1.165, 1.54) is 0 Å². The SMILES string of the molecule is CC1CC(Nc2nc3cc(Cl)ccc3s2)C(=O)N1c1ccccc1. The number of carbonyl (C=O) groups excluding carboxylic acids is 1. The Hall–Kier alpha value is -2.11. The minimum atomic E-state index is -0.253. The summed E-state index contributed by atoms with van der Waals surface area (Å²) in [6.45, 7) is 2.07. The van der Waals surface area contributed by atoms with Gasteiger partial charge in [0, 0.05) is 16.8 Å². The lowest BCUT2D eigenvalue weighted by Gasteiger charge is -2.21. The van der Waals surface area contributed by atoms with E-state index < -0.39 is 0 Å². The van der Waals surface area contributed by atoms with Crippen molar-refractivity contribution in [1.82, 2.24) is 4.98 Å². The molecule has 0 bridgehead atoms. The van der Waals surface area contributed by atoms with Gasteiger partial charge in [-0.1, -0.05) is 41.1 Å². The monoisotopic (exact) mass is 357 g/mol. The Bertz CT molecular complexity index is 896. The van der Waals surface area contributed by atoms with Crippen molar-refractivity contribution in [3.05, 3.63) is 53.6 Å². The fourth-order valence-corrected chi connectivity index (χ4v) is 4.20. The summed E-state index contributed by atoms with van der Waals surface area (Å²) in [5, 5.41) is 4.73. The molecule has 4 nitrogen and oxygen atoms in total. The van der Waals surface area contributed by atoms with Crippen LogP contribution in [0.4, 0.5) is 10.8 Å². The van der Waals surface area contributed by atoms with Gasteiger partial charge >= 0.3 is 0 Å². The van der Waals surface area contributed by atoms with E-state index in [0.29, 0.717) is 5.02 Å². The van der Waals surface area contributed by atoms with Gasteiger partial charge in [-0.15, -0.1) is 0 Å². The number of benzene rings is 2. The highest BCUT2D eigenvalue weighted by molar-refractivity contribution is 7.22. The van der Waals surface area contributed by atoms with Gasteiger partial charge in [-0.25, -0.2) is 4.98 Å². The van der Waals surface area contributed by atoms with Crippen LogP contribution in [-0.2, 0) is 4.79 Å². The van der Waals surface area contributed by atoms with Gasteiger partial charge in [-0.2, -0.15) is 0 Å². The number of carbonyl (C=O) groups is 1. The lowest BCUT2D eigenvalue weighted by atomic mass is 10.2. The highest BCUT2D eigenvalue weighted by Crippen LogP contribution is 2.32. The van der Waals surface area contributed by atoms with Crippen LogP contribution in [0.15, 0.2) is 48.5 Å². The molecule has 2 aromatic carbocycles. The summed E-state index contributed by atoms with van der Waals surface area (Å²) in [7, 11) is 0. The number of aromatic nitrogens is 1. The molecule has 1 N–H and O–H groups in total. The smallest absolute Gasteiger partial charge is 0.249 e. The quantitative estimate of drug-likeness (QED) is 0.747. The molecule has 0 radical (unpaired) electrons. The largest absolute Gasteiger partial charge is 0.350 e. The fraction of sp³-hybridized carbons (Fsp3) is 0.222. The van der Waals surface area contributed by atoms with Gasteiger partial charge in [-0.3, -0.25) is 4.79 Å². The van der Waals surface area contributed by atoms with Crippen LogP contribution in [0.2, 0.25) is 5.02 Å². The van der Waals surface area contributed by atoms with Crippen LogP contribution in [0, 0.1) is 0 Å². The van der Waals surface area contributed by atoms with E-state index in [-0.39, 0.29) is 18.0 Å². The van der Waals surface area contributed by atoms with Gasteiger partial charge in [0.05, 0.1) is 10.2 Å². The summed E-state index contributed by atoms with van der Waals surface area (Å²) in [5.41, 5.74) is 1.80. The van der Waals surface area contributed by atoms with E-state index in [1.54, 1.807) is 11.3 Å². The van der Waals surface area contributed by atoms with Crippen molar-refractivity contribution in [3.63, 3.8) is 0 Å². The summed E-state index contributed by atoms with van der Waals surface area (Å²) >= 11 is 7.55. The fourth-order valence-electron chi connectivity index (χ4n) is 3.13. The Kier molecular flexibility index (Phi) is 3.90. The predicted molar refractivity (Wildman–Crippen MR) is 100 cm³/mol. The van der Waals surface area contributed by atoms with E-state index in [4.69, 9.17) is 11.6 Å². The summed E-state index contributed by atoms with van der Waals surface area (Å²) in [6.07, 6.45) is 0.754. The van der Waals surface area contributed by atoms with Crippen LogP contribution in [0.3, 0.4) is 0 Å². The predicted octanol–water partition coefficient (Wildman–Crippen LogP) is 4.56. The van der Waals surface area contributed by atoms with Crippen molar-refractivity contribution >= 4 is 49.9 Å². The maximum atomic E-state index is 12.8. The van der Waals surface area contributed by atoms with Crippen LogP contribution in [0.25, 0.3) is 10.2 Å². The summed E-state index contributed by atoms with van der Waals surface area (Å²) in [4.78, 5) is 19.2. The molecule has 0 spiro atoms. The number of rotatable bonds is 3. The first-order chi connectivity index (χ1) is 11.6. The Labute approximate surface area is 149 Å². The molecule has 2 heterocycles. The highest BCUT2D eigenvalue weighted by Gasteiger charge is 2.38. The Morgan fingerprint density at radius 1 is 1.25 bits per heavy atom. The Morgan fingerprint density at radius 3 is 2.83 bits per heavy atom. The molecule has 0 saturated carbocycles. The number of halogens is 1. The molecule has 0 aliphatic carbocycles. The van der Waals surface area contributed by atoms with Crippen LogP contribution >= 0.6 is 22.9 Å². The van der Waals surface area contributed by atoms with Crippen molar-refractivity contribution in [2.45, 2.75) is 25.4 Å². The lowest BCUT2D eigenvalue weighted by molar-refractivity contribution is -0.117. The summed E-state index contributed by atoms with van der Waals surface area (Å²) in [5.74, 6) is 0.0889. The van der Waals surface area contributed by atoms with Gasteiger partial charge in [0.2, 0.25) is 5.91 Å². The van der Waals surface area contributed by atoms with E-state index in [9.17, 15) is 4.79 Å². The molecular formula is C18H16ClN3OS. The molecule has 2 atom stereocenters. The summed E-state index contributed by atoms with van der Waals surface area (Å²) in [6, 6.07) is 15.3. The first-order valence-electron chi connectivity index (χ1n) is 7.82. The van der Waals surface area contributed by atoms with Gasteiger partial charge in [0.1, 0.15) is 6.04 Å². The van der Waals surface area contributed by atoms with Gasteiger partial charge in [-0.05, 0) is 43.7 Å². The van der Waals surface area contributed by atoms with Gasteiger partial charge in [0.25, 0.3) is 0 Å². The zero-order chi connectivity index (χ0) is 16.7. The molecular weight excluding hydrogens is 342 g/mol. The van der Waals surface area contributed by atoms with E-state index in [0.717, 1.165) is 27.5 Å². The van der Waals surface area contributed by atoms with E-state index in [2.05, 4.69) is 17.2 Å². The second kappa shape index (κ2) is 6.07. The summed E-state index contributed by atoms with van der Waals surface area (Å²) < 4.78 is 1.06. The molecule has 1 amide bonds. The van der Waals surface area contributed by atoms with Crippen molar-refractivity contribution in [3.8, 4) is 0 Å².